The number of rotatable bonds is 8. The van der Waals surface area contributed by atoms with Crippen molar-refractivity contribution < 1.29 is 18.4 Å². The molecule has 2 aromatic rings. The Morgan fingerprint density at radius 2 is 1.71 bits per heavy atom. The number of fused-ring (bicyclic) bond motifs is 1. The minimum Gasteiger partial charge on any atom is -0.357 e. The van der Waals surface area contributed by atoms with Crippen LogP contribution >= 0.6 is 0 Å². The molecule has 8 heteroatoms. The number of carbonyl (C=O) groups is 2. The number of halogens is 2. The van der Waals surface area contributed by atoms with E-state index in [4.69, 9.17) is 0 Å². The summed E-state index contributed by atoms with van der Waals surface area (Å²) in [6.07, 6.45) is 1.32. The average Bonchev–Trinajstić information content (AvgIpc) is 3.00. The van der Waals surface area contributed by atoms with E-state index in [0.717, 1.165) is 6.07 Å². The number of benzene rings is 2. The van der Waals surface area contributed by atoms with Gasteiger partial charge in [0.1, 0.15) is 0 Å². The largest absolute Gasteiger partial charge is 0.357 e. The maximum absolute atomic E-state index is 13.5. The van der Waals surface area contributed by atoms with E-state index in [1.807, 2.05) is 13.8 Å². The van der Waals surface area contributed by atoms with Crippen molar-refractivity contribution in [1.82, 2.24) is 15.5 Å². The van der Waals surface area contributed by atoms with Crippen molar-refractivity contribution in [3.05, 3.63) is 70.8 Å². The molecule has 0 aliphatic carbocycles. The standard InChI is InChI=1S/C23H26F2N4O2/c1-3-26-23(28-15(2)16-10-11-19(24)20(25)14-16)27-12-6-7-13-29-21(30)17-8-4-5-9-18(17)22(29)31/h4-5,8-11,14-15H,3,6-7,12-13H2,1-2H3,(H2,26,27,28). The third kappa shape index (κ3) is 5.25. The molecular weight excluding hydrogens is 402 g/mol. The Morgan fingerprint density at radius 1 is 1.03 bits per heavy atom. The Morgan fingerprint density at radius 3 is 2.32 bits per heavy atom. The van der Waals surface area contributed by atoms with E-state index in [2.05, 4.69) is 15.6 Å². The molecule has 1 aliphatic rings. The zero-order valence-electron chi connectivity index (χ0n) is 17.6. The lowest BCUT2D eigenvalue weighted by atomic mass is 10.1. The van der Waals surface area contributed by atoms with Gasteiger partial charge in [-0.25, -0.2) is 8.78 Å². The van der Waals surface area contributed by atoms with Crippen LogP contribution in [0, 0.1) is 11.6 Å². The first-order valence-corrected chi connectivity index (χ1v) is 10.4. The number of amides is 2. The molecular formula is C23H26F2N4O2. The van der Waals surface area contributed by atoms with E-state index >= 15 is 0 Å². The van der Waals surface area contributed by atoms with Gasteiger partial charge in [0.15, 0.2) is 17.6 Å². The highest BCUT2D eigenvalue weighted by atomic mass is 19.2. The number of unbranched alkanes of at least 4 members (excludes halogenated alkanes) is 1. The zero-order valence-corrected chi connectivity index (χ0v) is 17.6. The lowest BCUT2D eigenvalue weighted by Gasteiger charge is -2.18. The fourth-order valence-electron chi connectivity index (χ4n) is 3.40. The predicted octanol–water partition coefficient (Wildman–Crippen LogP) is 3.66. The number of guanidine groups is 1. The van der Waals surface area contributed by atoms with Crippen LogP contribution in [0.5, 0.6) is 0 Å². The van der Waals surface area contributed by atoms with Crippen LogP contribution in [0.25, 0.3) is 0 Å². The number of hydrogen-bond acceptors (Lipinski definition) is 3. The van der Waals surface area contributed by atoms with Crippen molar-refractivity contribution in [3.8, 4) is 0 Å². The maximum Gasteiger partial charge on any atom is 0.261 e. The SMILES string of the molecule is CCNC(=NCCCCN1C(=O)c2ccccc2C1=O)NC(C)c1ccc(F)c(F)c1. The number of hydrogen-bond donors (Lipinski definition) is 2. The molecule has 1 aliphatic heterocycles. The first-order valence-electron chi connectivity index (χ1n) is 10.4. The van der Waals surface area contributed by atoms with Crippen molar-refractivity contribution in [2.24, 2.45) is 4.99 Å². The molecule has 3 rings (SSSR count). The number of imide groups is 1. The fourth-order valence-corrected chi connectivity index (χ4v) is 3.40. The van der Waals surface area contributed by atoms with Gasteiger partial charge < -0.3 is 10.6 Å². The fraction of sp³-hybridized carbons (Fsp3) is 0.348. The van der Waals surface area contributed by atoms with Crippen LogP contribution in [-0.2, 0) is 0 Å². The van der Waals surface area contributed by atoms with E-state index in [0.29, 0.717) is 55.1 Å². The van der Waals surface area contributed by atoms with Crippen molar-refractivity contribution in [3.63, 3.8) is 0 Å². The Kier molecular flexibility index (Phi) is 7.33. The molecule has 1 atom stereocenters. The van der Waals surface area contributed by atoms with Gasteiger partial charge in [0.25, 0.3) is 11.8 Å². The van der Waals surface area contributed by atoms with Crippen LogP contribution in [0.4, 0.5) is 8.78 Å². The van der Waals surface area contributed by atoms with Gasteiger partial charge in [-0.1, -0.05) is 18.2 Å². The molecule has 0 radical (unpaired) electrons. The molecule has 1 heterocycles. The van der Waals surface area contributed by atoms with Gasteiger partial charge in [-0.05, 0) is 56.5 Å². The lowest BCUT2D eigenvalue weighted by Crippen LogP contribution is -2.38. The summed E-state index contributed by atoms with van der Waals surface area (Å²) in [5.74, 6) is -1.71. The number of nitrogens with zero attached hydrogens (tertiary/aromatic N) is 2. The smallest absolute Gasteiger partial charge is 0.261 e. The van der Waals surface area contributed by atoms with Gasteiger partial charge in [0, 0.05) is 19.6 Å². The number of carbonyl (C=O) groups excluding carboxylic acids is 2. The first kappa shape index (κ1) is 22.4. The third-order valence-corrected chi connectivity index (χ3v) is 5.08. The third-order valence-electron chi connectivity index (χ3n) is 5.08. The predicted molar refractivity (Wildman–Crippen MR) is 115 cm³/mol. The summed E-state index contributed by atoms with van der Waals surface area (Å²) in [5, 5.41) is 6.29. The van der Waals surface area contributed by atoms with Gasteiger partial charge >= 0.3 is 0 Å². The number of nitrogens with one attached hydrogen (secondary N) is 2. The normalized spacial score (nSPS) is 14.6. The highest BCUT2D eigenvalue weighted by Crippen LogP contribution is 2.22. The van der Waals surface area contributed by atoms with E-state index in [9.17, 15) is 18.4 Å². The Bertz CT molecular complexity index is 958. The molecule has 0 spiro atoms. The monoisotopic (exact) mass is 428 g/mol. The van der Waals surface area contributed by atoms with Crippen molar-refractivity contribution >= 4 is 17.8 Å². The molecule has 0 fully saturated rings. The highest BCUT2D eigenvalue weighted by Gasteiger charge is 2.34. The molecule has 2 amide bonds. The van der Waals surface area contributed by atoms with Gasteiger partial charge in [0.05, 0.1) is 17.2 Å². The van der Waals surface area contributed by atoms with Crippen molar-refractivity contribution in [2.75, 3.05) is 19.6 Å². The molecule has 0 saturated heterocycles. The Hall–Kier alpha value is -3.29. The van der Waals surface area contributed by atoms with Crippen LogP contribution in [0.1, 0.15) is 59.0 Å². The summed E-state index contributed by atoms with van der Waals surface area (Å²) in [4.78, 5) is 30.5. The summed E-state index contributed by atoms with van der Waals surface area (Å²) in [7, 11) is 0. The van der Waals surface area contributed by atoms with Crippen LogP contribution in [0.3, 0.4) is 0 Å². The maximum atomic E-state index is 13.5. The minimum absolute atomic E-state index is 0.250. The van der Waals surface area contributed by atoms with E-state index in [1.54, 1.807) is 24.3 Å². The molecule has 2 N–H and O–H groups in total. The molecule has 164 valence electrons. The highest BCUT2D eigenvalue weighted by molar-refractivity contribution is 6.21. The summed E-state index contributed by atoms with van der Waals surface area (Å²) in [6, 6.07) is 10.4. The van der Waals surface area contributed by atoms with E-state index in [-0.39, 0.29) is 17.9 Å². The molecule has 2 aromatic carbocycles. The zero-order chi connectivity index (χ0) is 22.4. The van der Waals surface area contributed by atoms with Crippen molar-refractivity contribution in [1.29, 1.82) is 0 Å². The summed E-state index contributed by atoms with van der Waals surface area (Å²) >= 11 is 0. The second-order valence-corrected chi connectivity index (χ2v) is 7.31. The van der Waals surface area contributed by atoms with Gasteiger partial charge in [-0.2, -0.15) is 0 Å². The van der Waals surface area contributed by atoms with Crippen molar-refractivity contribution in [2.45, 2.75) is 32.7 Å². The molecule has 0 aromatic heterocycles. The van der Waals surface area contributed by atoms with E-state index in [1.165, 1.54) is 17.0 Å². The van der Waals surface area contributed by atoms with Crippen LogP contribution < -0.4 is 10.6 Å². The van der Waals surface area contributed by atoms with Crippen LogP contribution in [0.15, 0.2) is 47.5 Å². The topological polar surface area (TPSA) is 73.8 Å². The summed E-state index contributed by atoms with van der Waals surface area (Å²) in [5.41, 5.74) is 1.51. The van der Waals surface area contributed by atoms with Gasteiger partial charge in [0.2, 0.25) is 0 Å². The average molecular weight is 428 g/mol. The van der Waals surface area contributed by atoms with Gasteiger partial charge in [-0.3, -0.25) is 19.5 Å². The molecule has 31 heavy (non-hydrogen) atoms. The second kappa shape index (κ2) is 10.1. The molecule has 6 nitrogen and oxygen atoms in total. The quantitative estimate of drug-likeness (QED) is 0.291. The second-order valence-electron chi connectivity index (χ2n) is 7.31. The number of aliphatic imine (C=N–C) groups is 1. The molecule has 1 unspecified atom stereocenters. The van der Waals surface area contributed by atoms with Gasteiger partial charge in [-0.15, -0.1) is 0 Å². The summed E-state index contributed by atoms with van der Waals surface area (Å²) < 4.78 is 26.6. The van der Waals surface area contributed by atoms with Crippen LogP contribution in [0.2, 0.25) is 0 Å². The Balaban J connectivity index is 1.50. The van der Waals surface area contributed by atoms with E-state index < -0.39 is 11.6 Å². The first-order chi connectivity index (χ1) is 14.9. The minimum atomic E-state index is -0.888. The van der Waals surface area contributed by atoms with Crippen LogP contribution in [-0.4, -0.2) is 42.3 Å². The summed E-state index contributed by atoms with van der Waals surface area (Å²) in [6.45, 7) is 5.25. The molecule has 0 saturated carbocycles. The Labute approximate surface area is 180 Å². The lowest BCUT2D eigenvalue weighted by molar-refractivity contribution is 0.0652. The molecule has 0 bridgehead atoms.